The second-order valence-electron chi connectivity index (χ2n) is 3.20. The minimum absolute atomic E-state index is 0.453. The van der Waals surface area contributed by atoms with Crippen LogP contribution in [-0.2, 0) is 0 Å². The van der Waals surface area contributed by atoms with Crippen LogP contribution in [0.15, 0.2) is 36.2 Å². The molecular formula is C11H13NO. The zero-order chi connectivity index (χ0) is 9.73. The van der Waals surface area contributed by atoms with Crippen molar-refractivity contribution < 1.29 is 5.11 Å². The fourth-order valence-corrected chi connectivity index (χ4v) is 1.05. The van der Waals surface area contributed by atoms with Crippen molar-refractivity contribution >= 4 is 0 Å². The van der Waals surface area contributed by atoms with Crippen LogP contribution in [0.25, 0.3) is 0 Å². The lowest BCUT2D eigenvalue weighted by Gasteiger charge is -2.16. The first-order valence-corrected chi connectivity index (χ1v) is 4.12. The summed E-state index contributed by atoms with van der Waals surface area (Å²) in [6, 6.07) is 0. The average molecular weight is 175 g/mol. The first-order valence-electron chi connectivity index (χ1n) is 4.12. The van der Waals surface area contributed by atoms with Crippen LogP contribution in [0, 0.1) is 12.3 Å². The molecule has 1 atom stereocenters. The van der Waals surface area contributed by atoms with E-state index >= 15 is 0 Å². The molecule has 0 saturated carbocycles. The lowest BCUT2D eigenvalue weighted by molar-refractivity contribution is 0.123. The summed E-state index contributed by atoms with van der Waals surface area (Å²) in [5.41, 5.74) is -0.0877. The largest absolute Gasteiger partial charge is 0.378 e. The van der Waals surface area contributed by atoms with Crippen molar-refractivity contribution in [2.45, 2.75) is 18.9 Å². The van der Waals surface area contributed by atoms with E-state index in [9.17, 15) is 5.11 Å². The second kappa shape index (κ2) is 3.97. The summed E-state index contributed by atoms with van der Waals surface area (Å²) >= 11 is 0. The molecule has 0 aromatic rings. The number of allylic oxidation sites excluding steroid dienone is 3. The number of nitrogens with one attached hydrogen (secondary N) is 1. The molecule has 1 aliphatic rings. The number of terminal acetylenes is 1. The van der Waals surface area contributed by atoms with Crippen molar-refractivity contribution in [2.24, 2.45) is 0 Å². The molecule has 0 fully saturated rings. The third-order valence-corrected chi connectivity index (χ3v) is 1.74. The Morgan fingerprint density at radius 2 is 2.38 bits per heavy atom. The van der Waals surface area contributed by atoms with Crippen LogP contribution < -0.4 is 5.32 Å². The van der Waals surface area contributed by atoms with Gasteiger partial charge >= 0.3 is 0 Å². The fourth-order valence-electron chi connectivity index (χ4n) is 1.05. The van der Waals surface area contributed by atoms with Gasteiger partial charge in [-0.2, -0.15) is 0 Å². The van der Waals surface area contributed by atoms with Crippen LogP contribution in [0.4, 0.5) is 0 Å². The summed E-state index contributed by atoms with van der Waals surface area (Å²) in [6.07, 6.45) is 15.0. The van der Waals surface area contributed by atoms with Crippen LogP contribution in [0.3, 0.4) is 0 Å². The van der Waals surface area contributed by atoms with E-state index in [1.165, 1.54) is 0 Å². The van der Waals surface area contributed by atoms with Gasteiger partial charge in [-0.25, -0.2) is 0 Å². The van der Waals surface area contributed by atoms with Gasteiger partial charge in [0.05, 0.1) is 0 Å². The van der Waals surface area contributed by atoms with Gasteiger partial charge in [-0.1, -0.05) is 18.1 Å². The molecule has 1 aliphatic heterocycles. The van der Waals surface area contributed by atoms with Crippen LogP contribution in [0.2, 0.25) is 0 Å². The first kappa shape index (κ1) is 9.63. The van der Waals surface area contributed by atoms with Crippen molar-refractivity contribution in [1.82, 2.24) is 5.32 Å². The molecule has 0 radical (unpaired) electrons. The van der Waals surface area contributed by atoms with E-state index in [0.717, 1.165) is 5.57 Å². The van der Waals surface area contributed by atoms with E-state index in [1.54, 1.807) is 6.92 Å². The molecule has 2 N–H and O–H groups in total. The Morgan fingerprint density at radius 3 is 3.08 bits per heavy atom. The molecular weight excluding hydrogens is 162 g/mol. The molecule has 1 unspecified atom stereocenters. The molecule has 0 bridgehead atoms. The topological polar surface area (TPSA) is 32.3 Å². The molecule has 0 saturated heterocycles. The van der Waals surface area contributed by atoms with Gasteiger partial charge in [0.1, 0.15) is 5.60 Å². The number of hydrogen-bond donors (Lipinski definition) is 2. The van der Waals surface area contributed by atoms with Crippen LogP contribution in [0.1, 0.15) is 13.3 Å². The predicted molar refractivity (Wildman–Crippen MR) is 53.6 cm³/mol. The Bertz CT molecular complexity index is 303. The highest BCUT2D eigenvalue weighted by Gasteiger charge is 2.17. The van der Waals surface area contributed by atoms with E-state index < -0.39 is 5.60 Å². The summed E-state index contributed by atoms with van der Waals surface area (Å²) in [4.78, 5) is 0. The standard InChI is InChI=1S/C11H13NO/c1-3-11(2,13)8-10-6-4-5-7-12-9-10/h1,4-7,9,12-13H,8H2,2H3. The molecule has 0 amide bonds. The van der Waals surface area contributed by atoms with E-state index in [1.807, 2.05) is 30.6 Å². The zero-order valence-corrected chi connectivity index (χ0v) is 7.62. The van der Waals surface area contributed by atoms with Gasteiger partial charge in [0, 0.05) is 18.8 Å². The second-order valence-corrected chi connectivity index (χ2v) is 3.20. The van der Waals surface area contributed by atoms with Crippen molar-refractivity contribution in [3.05, 3.63) is 36.2 Å². The van der Waals surface area contributed by atoms with Gasteiger partial charge in [-0.15, -0.1) is 6.42 Å². The third-order valence-electron chi connectivity index (χ3n) is 1.74. The van der Waals surface area contributed by atoms with Crippen molar-refractivity contribution in [3.8, 4) is 12.3 Å². The smallest absolute Gasteiger partial charge is 0.126 e. The highest BCUT2D eigenvalue weighted by atomic mass is 16.3. The maximum Gasteiger partial charge on any atom is 0.126 e. The molecule has 0 spiro atoms. The van der Waals surface area contributed by atoms with Crippen molar-refractivity contribution in [2.75, 3.05) is 0 Å². The minimum atomic E-state index is -1.07. The van der Waals surface area contributed by atoms with Crippen molar-refractivity contribution in [3.63, 3.8) is 0 Å². The lowest BCUT2D eigenvalue weighted by Crippen LogP contribution is -2.21. The maximum absolute atomic E-state index is 9.61. The summed E-state index contributed by atoms with van der Waals surface area (Å²) in [7, 11) is 0. The number of aliphatic hydroxyl groups is 1. The monoisotopic (exact) mass is 175 g/mol. The van der Waals surface area contributed by atoms with Gasteiger partial charge in [-0.3, -0.25) is 0 Å². The summed E-state index contributed by atoms with van der Waals surface area (Å²) in [5, 5.41) is 12.6. The lowest BCUT2D eigenvalue weighted by atomic mass is 9.98. The van der Waals surface area contributed by atoms with Gasteiger partial charge < -0.3 is 10.4 Å². The van der Waals surface area contributed by atoms with Crippen LogP contribution >= 0.6 is 0 Å². The predicted octanol–water partition coefficient (Wildman–Crippen LogP) is 1.32. The molecule has 13 heavy (non-hydrogen) atoms. The molecule has 0 aliphatic carbocycles. The number of hydrogen-bond acceptors (Lipinski definition) is 2. The molecule has 2 heteroatoms. The van der Waals surface area contributed by atoms with Crippen LogP contribution in [0.5, 0.6) is 0 Å². The maximum atomic E-state index is 9.61. The Morgan fingerprint density at radius 1 is 1.62 bits per heavy atom. The normalized spacial score (nSPS) is 19.3. The Kier molecular flexibility index (Phi) is 2.94. The van der Waals surface area contributed by atoms with Crippen LogP contribution in [-0.4, -0.2) is 10.7 Å². The zero-order valence-electron chi connectivity index (χ0n) is 7.62. The van der Waals surface area contributed by atoms with Gasteiger partial charge in [0.25, 0.3) is 0 Å². The summed E-state index contributed by atoms with van der Waals surface area (Å²) in [6.45, 7) is 1.62. The van der Waals surface area contributed by atoms with E-state index in [2.05, 4.69) is 11.2 Å². The molecule has 68 valence electrons. The molecule has 0 aromatic heterocycles. The highest BCUT2D eigenvalue weighted by molar-refractivity contribution is 5.28. The SMILES string of the molecule is C#CC(C)(O)CC1=CNC=CC=C1. The van der Waals surface area contributed by atoms with Gasteiger partial charge in [-0.05, 0) is 18.6 Å². The third kappa shape index (κ3) is 3.18. The highest BCUT2D eigenvalue weighted by Crippen LogP contribution is 2.16. The van der Waals surface area contributed by atoms with E-state index in [0.29, 0.717) is 6.42 Å². The summed E-state index contributed by atoms with van der Waals surface area (Å²) in [5.74, 6) is 2.34. The molecule has 0 aromatic carbocycles. The Hall–Kier alpha value is -1.46. The van der Waals surface area contributed by atoms with Gasteiger partial charge in [0.2, 0.25) is 0 Å². The molecule has 2 nitrogen and oxygen atoms in total. The van der Waals surface area contributed by atoms with Crippen molar-refractivity contribution in [1.29, 1.82) is 0 Å². The Balaban J connectivity index is 2.66. The quantitative estimate of drug-likeness (QED) is 0.620. The Labute approximate surface area is 78.7 Å². The minimum Gasteiger partial charge on any atom is -0.378 e. The van der Waals surface area contributed by atoms with Gasteiger partial charge in [0.15, 0.2) is 0 Å². The molecule has 1 heterocycles. The average Bonchev–Trinajstić information content (AvgIpc) is 2.32. The fraction of sp³-hybridized carbons (Fsp3) is 0.273. The first-order chi connectivity index (χ1) is 6.14. The van der Waals surface area contributed by atoms with E-state index in [-0.39, 0.29) is 0 Å². The van der Waals surface area contributed by atoms with E-state index in [4.69, 9.17) is 6.42 Å². The number of rotatable bonds is 2. The summed E-state index contributed by atoms with van der Waals surface area (Å²) < 4.78 is 0. The molecule has 1 rings (SSSR count).